The standard InChI is InChI=1S/C30H33N5O7/c1-19-26(29(36)40-3)28(21-10-8-12-23(16-21)35(38)39)27(20(2)32-19)30(37)42-15-7-5-4-6-14-41-25-17-24(33-34-25)22-11-9-13-31-18-22/h8-13,16-18,28,32H,4-7,14-15H2,1-3H3,(H,33,34). The molecule has 1 unspecified atom stereocenters. The van der Waals surface area contributed by atoms with Crippen LogP contribution in [0.5, 0.6) is 5.88 Å². The number of nitrogens with zero attached hydrogens (tertiary/aromatic N) is 3. The van der Waals surface area contributed by atoms with Crippen LogP contribution in [0.3, 0.4) is 0 Å². The Labute approximate surface area is 242 Å². The lowest BCUT2D eigenvalue weighted by Gasteiger charge is -2.30. The number of nitrogens with one attached hydrogen (secondary N) is 2. The number of ether oxygens (including phenoxy) is 3. The van der Waals surface area contributed by atoms with Gasteiger partial charge in [0.05, 0.1) is 48.0 Å². The minimum atomic E-state index is -0.885. The number of rotatable bonds is 13. The number of carbonyl (C=O) groups is 2. The maximum atomic E-state index is 13.3. The number of dihydropyridines is 1. The van der Waals surface area contributed by atoms with E-state index in [1.807, 2.05) is 18.2 Å². The molecule has 1 aliphatic rings. The van der Waals surface area contributed by atoms with Gasteiger partial charge in [-0.1, -0.05) is 12.1 Å². The molecule has 4 rings (SSSR count). The average molecular weight is 576 g/mol. The Morgan fingerprint density at radius 2 is 1.71 bits per heavy atom. The van der Waals surface area contributed by atoms with Crippen LogP contribution in [-0.4, -0.2) is 52.4 Å². The SMILES string of the molecule is COC(=O)C1=C(C)NC(C)=C(C(=O)OCCCCCCOc2cc(-c3cccnc3)[nH]n2)C1c1cccc([N+](=O)[O-])c1. The number of non-ortho nitro benzene ring substituents is 1. The highest BCUT2D eigenvalue weighted by Crippen LogP contribution is 2.40. The summed E-state index contributed by atoms with van der Waals surface area (Å²) < 4.78 is 16.3. The van der Waals surface area contributed by atoms with Gasteiger partial charge in [0.15, 0.2) is 0 Å². The zero-order valence-corrected chi connectivity index (χ0v) is 23.7. The summed E-state index contributed by atoms with van der Waals surface area (Å²) in [5.74, 6) is -1.61. The first-order chi connectivity index (χ1) is 20.3. The number of nitro groups is 1. The van der Waals surface area contributed by atoms with Crippen molar-refractivity contribution in [2.75, 3.05) is 20.3 Å². The molecular weight excluding hydrogens is 542 g/mol. The Kier molecular flexibility index (Phi) is 10.0. The average Bonchev–Trinajstić information content (AvgIpc) is 3.47. The summed E-state index contributed by atoms with van der Waals surface area (Å²) in [4.78, 5) is 41.1. The molecule has 12 heteroatoms. The van der Waals surface area contributed by atoms with Gasteiger partial charge < -0.3 is 19.5 Å². The van der Waals surface area contributed by atoms with Crippen molar-refractivity contribution in [2.24, 2.45) is 0 Å². The van der Waals surface area contributed by atoms with E-state index >= 15 is 0 Å². The highest BCUT2D eigenvalue weighted by Gasteiger charge is 2.38. The van der Waals surface area contributed by atoms with Crippen molar-refractivity contribution >= 4 is 17.6 Å². The smallest absolute Gasteiger partial charge is 0.336 e. The summed E-state index contributed by atoms with van der Waals surface area (Å²) in [7, 11) is 1.25. The normalized spacial score (nSPS) is 14.8. The van der Waals surface area contributed by atoms with Crippen molar-refractivity contribution in [3.05, 3.63) is 93.1 Å². The number of pyridine rings is 1. The van der Waals surface area contributed by atoms with Crippen molar-refractivity contribution < 1.29 is 28.7 Å². The number of hydrogen-bond acceptors (Lipinski definition) is 10. The second-order valence-electron chi connectivity index (χ2n) is 9.74. The molecule has 220 valence electrons. The van der Waals surface area contributed by atoms with Crippen LogP contribution in [0.4, 0.5) is 5.69 Å². The van der Waals surface area contributed by atoms with Gasteiger partial charge in [0.25, 0.3) is 5.69 Å². The Morgan fingerprint density at radius 1 is 0.976 bits per heavy atom. The predicted molar refractivity (Wildman–Crippen MR) is 153 cm³/mol. The Morgan fingerprint density at radius 3 is 2.40 bits per heavy atom. The molecule has 0 spiro atoms. The first-order valence-electron chi connectivity index (χ1n) is 13.6. The molecular formula is C30H33N5O7. The van der Waals surface area contributed by atoms with Crippen LogP contribution in [0.15, 0.2) is 77.4 Å². The maximum absolute atomic E-state index is 13.3. The van der Waals surface area contributed by atoms with Gasteiger partial charge in [-0.15, -0.1) is 5.10 Å². The van der Waals surface area contributed by atoms with Crippen molar-refractivity contribution in [3.63, 3.8) is 0 Å². The minimum Gasteiger partial charge on any atom is -0.477 e. The summed E-state index contributed by atoms with van der Waals surface area (Å²) in [6.07, 6.45) is 6.58. The van der Waals surface area contributed by atoms with Crippen LogP contribution in [0.1, 0.15) is 51.0 Å². The molecule has 1 aliphatic heterocycles. The molecule has 42 heavy (non-hydrogen) atoms. The first-order valence-corrected chi connectivity index (χ1v) is 13.6. The number of esters is 2. The third-order valence-electron chi connectivity index (χ3n) is 6.85. The zero-order chi connectivity index (χ0) is 30.1. The number of hydrogen-bond donors (Lipinski definition) is 2. The molecule has 1 atom stereocenters. The number of allylic oxidation sites excluding steroid dienone is 2. The fraction of sp³-hybridized carbons (Fsp3) is 0.333. The van der Waals surface area contributed by atoms with E-state index in [1.54, 1.807) is 32.3 Å². The number of unbranched alkanes of at least 4 members (excludes halogenated alkanes) is 3. The second-order valence-corrected chi connectivity index (χ2v) is 9.74. The number of methoxy groups -OCH3 is 1. The van der Waals surface area contributed by atoms with Crippen LogP contribution >= 0.6 is 0 Å². The monoisotopic (exact) mass is 575 g/mol. The molecule has 0 saturated carbocycles. The second kappa shape index (κ2) is 14.1. The van der Waals surface area contributed by atoms with Crippen molar-refractivity contribution in [1.29, 1.82) is 0 Å². The van der Waals surface area contributed by atoms with Gasteiger partial charge in [0.2, 0.25) is 5.88 Å². The zero-order valence-electron chi connectivity index (χ0n) is 23.7. The molecule has 3 aromatic rings. The van der Waals surface area contributed by atoms with E-state index in [1.165, 1.54) is 25.3 Å². The van der Waals surface area contributed by atoms with Crippen molar-refractivity contribution in [1.82, 2.24) is 20.5 Å². The van der Waals surface area contributed by atoms with Crippen molar-refractivity contribution in [3.8, 4) is 17.1 Å². The van der Waals surface area contributed by atoms with E-state index in [0.29, 0.717) is 35.9 Å². The summed E-state index contributed by atoms with van der Waals surface area (Å²) in [6.45, 7) is 4.08. The highest BCUT2D eigenvalue weighted by molar-refractivity contribution is 5.99. The first kappa shape index (κ1) is 30.0. The Hall–Kier alpha value is -5.00. The molecule has 1 aromatic carbocycles. The van der Waals surface area contributed by atoms with Gasteiger partial charge in [-0.05, 0) is 57.2 Å². The van der Waals surface area contributed by atoms with Crippen LogP contribution in [0, 0.1) is 10.1 Å². The number of carbonyl (C=O) groups excluding carboxylic acids is 2. The fourth-order valence-electron chi connectivity index (χ4n) is 4.82. The van der Waals surface area contributed by atoms with Crippen LogP contribution in [-0.2, 0) is 19.1 Å². The number of H-pyrrole nitrogens is 1. The molecule has 3 heterocycles. The van der Waals surface area contributed by atoms with E-state index in [-0.39, 0.29) is 23.4 Å². The Bertz CT molecular complexity index is 1500. The van der Waals surface area contributed by atoms with E-state index in [9.17, 15) is 19.7 Å². The van der Waals surface area contributed by atoms with Gasteiger partial charge >= 0.3 is 11.9 Å². The largest absolute Gasteiger partial charge is 0.477 e. The quantitative estimate of drug-likeness (QED) is 0.123. The molecule has 0 bridgehead atoms. The van der Waals surface area contributed by atoms with E-state index < -0.39 is 22.8 Å². The van der Waals surface area contributed by atoms with E-state index in [0.717, 1.165) is 30.5 Å². The summed E-state index contributed by atoms with van der Waals surface area (Å²) in [6, 6.07) is 11.5. The third kappa shape index (κ3) is 7.19. The summed E-state index contributed by atoms with van der Waals surface area (Å²) in [5.41, 5.74) is 3.43. The van der Waals surface area contributed by atoms with Crippen LogP contribution in [0.2, 0.25) is 0 Å². The van der Waals surface area contributed by atoms with E-state index in [4.69, 9.17) is 14.2 Å². The molecule has 0 radical (unpaired) electrons. The molecule has 2 aromatic heterocycles. The van der Waals surface area contributed by atoms with E-state index in [2.05, 4.69) is 20.5 Å². The highest BCUT2D eigenvalue weighted by atomic mass is 16.6. The van der Waals surface area contributed by atoms with Gasteiger partial charge in [0.1, 0.15) is 0 Å². The van der Waals surface area contributed by atoms with Crippen LogP contribution < -0.4 is 10.1 Å². The number of aromatic nitrogens is 3. The summed E-state index contributed by atoms with van der Waals surface area (Å²) in [5, 5.41) is 21.6. The van der Waals surface area contributed by atoms with Gasteiger partial charge in [-0.25, -0.2) is 9.59 Å². The Balaban J connectivity index is 1.29. The lowest BCUT2D eigenvalue weighted by molar-refractivity contribution is -0.384. The van der Waals surface area contributed by atoms with Gasteiger partial charge in [-0.2, -0.15) is 0 Å². The number of aromatic amines is 1. The molecule has 2 N–H and O–H groups in total. The van der Waals surface area contributed by atoms with Crippen LogP contribution in [0.25, 0.3) is 11.3 Å². The molecule has 12 nitrogen and oxygen atoms in total. The molecule has 0 aliphatic carbocycles. The lowest BCUT2D eigenvalue weighted by Crippen LogP contribution is -2.32. The minimum absolute atomic E-state index is 0.150. The number of nitro benzene ring substituents is 1. The van der Waals surface area contributed by atoms with Gasteiger partial charge in [-0.3, -0.25) is 20.2 Å². The molecule has 0 saturated heterocycles. The predicted octanol–water partition coefficient (Wildman–Crippen LogP) is 4.97. The third-order valence-corrected chi connectivity index (χ3v) is 6.85. The molecule has 0 amide bonds. The summed E-state index contributed by atoms with van der Waals surface area (Å²) >= 11 is 0. The molecule has 0 fully saturated rings. The topological polar surface area (TPSA) is 159 Å². The van der Waals surface area contributed by atoms with Crippen molar-refractivity contribution in [2.45, 2.75) is 45.4 Å². The lowest BCUT2D eigenvalue weighted by atomic mass is 9.80. The maximum Gasteiger partial charge on any atom is 0.336 e. The fourth-order valence-corrected chi connectivity index (χ4v) is 4.82. The van der Waals surface area contributed by atoms with Gasteiger partial charge in [0, 0.05) is 47.6 Å². The number of benzene rings is 1.